The van der Waals surface area contributed by atoms with Crippen LogP contribution in [-0.4, -0.2) is 4.98 Å². The van der Waals surface area contributed by atoms with Crippen LogP contribution in [0.25, 0.3) is 0 Å². The number of nitrogens with one attached hydrogen (secondary N) is 1. The molecular formula is C13H15ClN2O. The Labute approximate surface area is 106 Å². The number of rotatable bonds is 4. The third kappa shape index (κ3) is 3.32. The highest BCUT2D eigenvalue weighted by Gasteiger charge is 2.08. The van der Waals surface area contributed by atoms with Crippen LogP contribution in [0.15, 0.2) is 34.9 Å². The van der Waals surface area contributed by atoms with Gasteiger partial charge in [-0.2, -0.15) is 0 Å². The number of hydrogen-bond acceptors (Lipinski definition) is 3. The molecule has 2 heterocycles. The first-order valence-electron chi connectivity index (χ1n) is 5.55. The van der Waals surface area contributed by atoms with Crippen LogP contribution in [-0.2, 0) is 6.54 Å². The van der Waals surface area contributed by atoms with Crippen molar-refractivity contribution >= 4 is 11.6 Å². The number of pyridine rings is 1. The molecule has 2 rings (SSSR count). The number of aromatic nitrogens is 1. The van der Waals surface area contributed by atoms with Crippen LogP contribution in [0.2, 0.25) is 5.15 Å². The third-order valence-electron chi connectivity index (χ3n) is 2.59. The van der Waals surface area contributed by atoms with E-state index in [0.717, 1.165) is 23.6 Å². The van der Waals surface area contributed by atoms with Gasteiger partial charge in [-0.25, -0.2) is 4.98 Å². The fraction of sp³-hybridized carbons (Fsp3) is 0.308. The van der Waals surface area contributed by atoms with E-state index in [0.29, 0.717) is 5.15 Å². The zero-order valence-corrected chi connectivity index (χ0v) is 10.7. The van der Waals surface area contributed by atoms with Gasteiger partial charge in [0, 0.05) is 12.7 Å². The average molecular weight is 251 g/mol. The minimum Gasteiger partial charge on any atom is -0.465 e. The first-order chi connectivity index (χ1) is 8.15. The molecule has 3 nitrogen and oxygen atoms in total. The van der Waals surface area contributed by atoms with Crippen molar-refractivity contribution < 1.29 is 4.42 Å². The molecule has 0 bridgehead atoms. The SMILES string of the molecule is Cc1ccc(C(C)NCc2ccc(Cl)nc2)o1. The van der Waals surface area contributed by atoms with Crippen molar-refractivity contribution in [3.63, 3.8) is 0 Å². The number of aryl methyl sites for hydroxylation is 1. The monoisotopic (exact) mass is 250 g/mol. The predicted octanol–water partition coefficient (Wildman–Crippen LogP) is 3.49. The fourth-order valence-electron chi connectivity index (χ4n) is 1.57. The molecular weight excluding hydrogens is 236 g/mol. The summed E-state index contributed by atoms with van der Waals surface area (Å²) < 4.78 is 5.55. The van der Waals surface area contributed by atoms with Gasteiger partial charge in [-0.15, -0.1) is 0 Å². The first kappa shape index (κ1) is 12.1. The Balaban J connectivity index is 1.92. The molecule has 0 aliphatic heterocycles. The van der Waals surface area contributed by atoms with Crippen LogP contribution in [0.5, 0.6) is 0 Å². The summed E-state index contributed by atoms with van der Waals surface area (Å²) in [7, 11) is 0. The second-order valence-corrected chi connectivity index (χ2v) is 4.43. The molecule has 2 aromatic heterocycles. The summed E-state index contributed by atoms with van der Waals surface area (Å²) in [5.74, 6) is 1.88. The Kier molecular flexibility index (Phi) is 3.82. The van der Waals surface area contributed by atoms with Crippen LogP contribution in [0, 0.1) is 6.92 Å². The largest absolute Gasteiger partial charge is 0.465 e. The van der Waals surface area contributed by atoms with Crippen molar-refractivity contribution in [2.75, 3.05) is 0 Å². The summed E-state index contributed by atoms with van der Waals surface area (Å²) in [6.07, 6.45) is 1.77. The molecule has 0 fully saturated rings. The number of furan rings is 1. The van der Waals surface area contributed by atoms with E-state index in [1.807, 2.05) is 25.1 Å². The van der Waals surface area contributed by atoms with Crippen molar-refractivity contribution in [2.45, 2.75) is 26.4 Å². The number of halogens is 1. The Hall–Kier alpha value is -1.32. The summed E-state index contributed by atoms with van der Waals surface area (Å²) in [6, 6.07) is 7.90. The van der Waals surface area contributed by atoms with E-state index in [-0.39, 0.29) is 6.04 Å². The maximum absolute atomic E-state index is 5.73. The molecule has 0 aromatic carbocycles. The lowest BCUT2D eigenvalue weighted by molar-refractivity contribution is 0.415. The predicted molar refractivity (Wildman–Crippen MR) is 67.9 cm³/mol. The van der Waals surface area contributed by atoms with Gasteiger partial charge in [-0.05, 0) is 37.6 Å². The molecule has 0 radical (unpaired) electrons. The summed E-state index contributed by atoms with van der Waals surface area (Å²) >= 11 is 5.73. The van der Waals surface area contributed by atoms with Gasteiger partial charge in [0.2, 0.25) is 0 Å². The van der Waals surface area contributed by atoms with Gasteiger partial charge in [0.25, 0.3) is 0 Å². The van der Waals surface area contributed by atoms with Crippen LogP contribution in [0.3, 0.4) is 0 Å². The van der Waals surface area contributed by atoms with Gasteiger partial charge in [0.15, 0.2) is 0 Å². The molecule has 0 aliphatic carbocycles. The molecule has 0 amide bonds. The molecule has 2 aromatic rings. The summed E-state index contributed by atoms with van der Waals surface area (Å²) in [5, 5.41) is 3.89. The van der Waals surface area contributed by atoms with Gasteiger partial charge in [-0.1, -0.05) is 17.7 Å². The normalized spacial score (nSPS) is 12.6. The van der Waals surface area contributed by atoms with Gasteiger partial charge in [0.1, 0.15) is 16.7 Å². The highest BCUT2D eigenvalue weighted by molar-refractivity contribution is 6.29. The quantitative estimate of drug-likeness (QED) is 0.845. The van der Waals surface area contributed by atoms with Crippen LogP contribution < -0.4 is 5.32 Å². The van der Waals surface area contributed by atoms with E-state index in [9.17, 15) is 0 Å². The van der Waals surface area contributed by atoms with Crippen molar-refractivity contribution in [1.82, 2.24) is 10.3 Å². The minimum atomic E-state index is 0.180. The zero-order valence-electron chi connectivity index (χ0n) is 9.90. The molecule has 0 spiro atoms. The molecule has 17 heavy (non-hydrogen) atoms. The summed E-state index contributed by atoms with van der Waals surface area (Å²) in [5.41, 5.74) is 1.10. The maximum atomic E-state index is 5.73. The van der Waals surface area contributed by atoms with Crippen LogP contribution in [0.1, 0.15) is 30.0 Å². The number of hydrogen-bond donors (Lipinski definition) is 1. The first-order valence-corrected chi connectivity index (χ1v) is 5.93. The van der Waals surface area contributed by atoms with E-state index in [4.69, 9.17) is 16.0 Å². The average Bonchev–Trinajstić information content (AvgIpc) is 2.75. The topological polar surface area (TPSA) is 38.1 Å². The smallest absolute Gasteiger partial charge is 0.129 e. The highest BCUT2D eigenvalue weighted by atomic mass is 35.5. The van der Waals surface area contributed by atoms with Gasteiger partial charge < -0.3 is 9.73 Å². The molecule has 4 heteroatoms. The van der Waals surface area contributed by atoms with E-state index in [1.165, 1.54) is 0 Å². The lowest BCUT2D eigenvalue weighted by Gasteiger charge is -2.11. The van der Waals surface area contributed by atoms with Gasteiger partial charge >= 0.3 is 0 Å². The Morgan fingerprint density at radius 2 is 2.18 bits per heavy atom. The second kappa shape index (κ2) is 5.34. The molecule has 0 aliphatic rings. The van der Waals surface area contributed by atoms with E-state index >= 15 is 0 Å². The summed E-state index contributed by atoms with van der Waals surface area (Å²) in [4.78, 5) is 4.04. The minimum absolute atomic E-state index is 0.180. The molecule has 1 N–H and O–H groups in total. The second-order valence-electron chi connectivity index (χ2n) is 4.04. The maximum Gasteiger partial charge on any atom is 0.129 e. The Bertz CT molecular complexity index is 478. The van der Waals surface area contributed by atoms with Crippen molar-refractivity contribution in [3.8, 4) is 0 Å². The molecule has 1 atom stereocenters. The Morgan fingerprint density at radius 3 is 2.76 bits per heavy atom. The molecule has 0 saturated carbocycles. The van der Waals surface area contributed by atoms with E-state index in [1.54, 1.807) is 12.3 Å². The standard InChI is InChI=1S/C13H15ClN2O/c1-9-3-5-12(17-9)10(2)15-7-11-4-6-13(14)16-8-11/h3-6,8,10,15H,7H2,1-2H3. The van der Waals surface area contributed by atoms with Crippen LogP contribution >= 0.6 is 11.6 Å². The molecule has 0 saturated heterocycles. The molecule has 1 unspecified atom stereocenters. The summed E-state index contributed by atoms with van der Waals surface area (Å²) in [6.45, 7) is 4.76. The van der Waals surface area contributed by atoms with Gasteiger partial charge in [-0.3, -0.25) is 0 Å². The van der Waals surface area contributed by atoms with Crippen molar-refractivity contribution in [2.24, 2.45) is 0 Å². The van der Waals surface area contributed by atoms with Gasteiger partial charge in [0.05, 0.1) is 6.04 Å². The van der Waals surface area contributed by atoms with E-state index in [2.05, 4.69) is 17.2 Å². The van der Waals surface area contributed by atoms with E-state index < -0.39 is 0 Å². The van der Waals surface area contributed by atoms with Crippen LogP contribution in [0.4, 0.5) is 0 Å². The molecule has 90 valence electrons. The fourth-order valence-corrected chi connectivity index (χ4v) is 1.68. The lowest BCUT2D eigenvalue weighted by Crippen LogP contribution is -2.17. The highest BCUT2D eigenvalue weighted by Crippen LogP contribution is 2.16. The Morgan fingerprint density at radius 1 is 1.35 bits per heavy atom. The third-order valence-corrected chi connectivity index (χ3v) is 2.81. The number of nitrogens with zero attached hydrogens (tertiary/aromatic N) is 1. The zero-order chi connectivity index (χ0) is 12.3. The van der Waals surface area contributed by atoms with Crippen molar-refractivity contribution in [1.29, 1.82) is 0 Å². The van der Waals surface area contributed by atoms with Crippen molar-refractivity contribution in [3.05, 3.63) is 52.7 Å². The lowest BCUT2D eigenvalue weighted by atomic mass is 10.2.